The van der Waals surface area contributed by atoms with Gasteiger partial charge in [-0.05, 0) is 24.3 Å². The third kappa shape index (κ3) is 4.44. The number of amides is 1. The minimum Gasteiger partial charge on any atom is -0.426 e. The Morgan fingerprint density at radius 1 is 1.00 bits per heavy atom. The summed E-state index contributed by atoms with van der Waals surface area (Å²) < 4.78 is 5.39. The van der Waals surface area contributed by atoms with Crippen molar-refractivity contribution in [1.29, 1.82) is 0 Å². The number of non-ortho nitro benzene ring substituents is 1. The molecule has 0 aliphatic rings. The van der Waals surface area contributed by atoms with Gasteiger partial charge in [0.15, 0.2) is 0 Å². The summed E-state index contributed by atoms with van der Waals surface area (Å²) in [5, 5.41) is 15.3. The molecule has 0 saturated heterocycles. The Hall–Kier alpha value is -3.45. The van der Waals surface area contributed by atoms with Crippen LogP contribution < -0.4 is 10.1 Å². The van der Waals surface area contributed by atoms with Crippen LogP contribution in [0.3, 0.4) is 0 Å². The van der Waals surface area contributed by atoms with Crippen molar-refractivity contribution in [3.8, 4) is 5.75 Å². The molecule has 0 aliphatic carbocycles. The Morgan fingerprint density at radius 3 is 2.36 bits per heavy atom. The van der Waals surface area contributed by atoms with Crippen LogP contribution in [0.25, 0.3) is 10.8 Å². The van der Waals surface area contributed by atoms with Crippen molar-refractivity contribution in [3.05, 3.63) is 81.4 Å². The highest BCUT2D eigenvalue weighted by Gasteiger charge is 2.12. The van der Waals surface area contributed by atoms with Crippen molar-refractivity contribution >= 4 is 39.9 Å². The minimum absolute atomic E-state index is 0.0321. The van der Waals surface area contributed by atoms with E-state index in [1.54, 1.807) is 18.2 Å². The molecule has 3 aromatic carbocycles. The number of nitro groups is 1. The second-order valence-electron chi connectivity index (χ2n) is 5.88. The molecule has 1 amide bonds. The van der Waals surface area contributed by atoms with Crippen LogP contribution in [0.1, 0.15) is 16.8 Å². The van der Waals surface area contributed by atoms with E-state index in [-0.39, 0.29) is 24.2 Å². The molecule has 0 spiro atoms. The van der Waals surface area contributed by atoms with Gasteiger partial charge in [0, 0.05) is 40.0 Å². The van der Waals surface area contributed by atoms with Crippen molar-refractivity contribution in [1.82, 2.24) is 5.32 Å². The molecule has 0 fully saturated rings. The molecule has 142 valence electrons. The highest BCUT2D eigenvalue weighted by Crippen LogP contribution is 2.31. The number of hydrogen-bond donors (Lipinski definition) is 1. The van der Waals surface area contributed by atoms with Gasteiger partial charge in [-0.3, -0.25) is 19.7 Å². The van der Waals surface area contributed by atoms with Gasteiger partial charge in [-0.2, -0.15) is 0 Å². The van der Waals surface area contributed by atoms with Gasteiger partial charge in [-0.25, -0.2) is 0 Å². The molecule has 0 heterocycles. The summed E-state index contributed by atoms with van der Waals surface area (Å²) in [5.41, 5.74) is 0.165. The molecular weight excluding hydrogens is 384 g/mol. The molecule has 8 heteroatoms. The largest absolute Gasteiger partial charge is 0.426 e. The number of ether oxygens (including phenoxy) is 1. The molecule has 28 heavy (non-hydrogen) atoms. The normalized spacial score (nSPS) is 10.5. The monoisotopic (exact) mass is 398 g/mol. The molecule has 0 aromatic heterocycles. The number of rotatable bonds is 6. The van der Waals surface area contributed by atoms with Crippen molar-refractivity contribution in [2.24, 2.45) is 0 Å². The number of carbonyl (C=O) groups excluding carboxylic acids is 2. The maximum atomic E-state index is 12.1. The quantitative estimate of drug-likeness (QED) is 0.291. The molecule has 0 bridgehead atoms. The van der Waals surface area contributed by atoms with Crippen LogP contribution in [0.5, 0.6) is 5.75 Å². The molecule has 7 nitrogen and oxygen atoms in total. The number of nitrogens with one attached hydrogen (secondary N) is 1. The summed E-state index contributed by atoms with van der Waals surface area (Å²) in [6, 6.07) is 15.8. The van der Waals surface area contributed by atoms with E-state index in [1.165, 1.54) is 24.3 Å². The van der Waals surface area contributed by atoms with Crippen molar-refractivity contribution < 1.29 is 19.2 Å². The van der Waals surface area contributed by atoms with Crippen LogP contribution in [-0.4, -0.2) is 23.3 Å². The summed E-state index contributed by atoms with van der Waals surface area (Å²) >= 11 is 6.14. The summed E-state index contributed by atoms with van der Waals surface area (Å²) in [6.07, 6.45) is -0.0321. The van der Waals surface area contributed by atoms with E-state index in [9.17, 15) is 19.7 Å². The average molecular weight is 399 g/mol. The maximum absolute atomic E-state index is 12.1. The number of nitro benzene ring substituents is 1. The smallest absolute Gasteiger partial charge is 0.312 e. The lowest BCUT2D eigenvalue weighted by molar-refractivity contribution is -0.384. The van der Waals surface area contributed by atoms with E-state index in [1.807, 2.05) is 18.2 Å². The molecule has 0 aliphatic heterocycles. The SMILES string of the molecule is O=C(CCNC(=O)c1ccc([N+](=O)[O-])cc1)Oc1ccc(Cl)c2ccccc12. The third-order valence-electron chi connectivity index (χ3n) is 4.01. The van der Waals surface area contributed by atoms with E-state index in [2.05, 4.69) is 5.32 Å². The number of halogens is 1. The van der Waals surface area contributed by atoms with Gasteiger partial charge < -0.3 is 10.1 Å². The van der Waals surface area contributed by atoms with E-state index in [0.717, 1.165) is 10.8 Å². The van der Waals surface area contributed by atoms with Gasteiger partial charge in [0.05, 0.1) is 11.3 Å². The second-order valence-corrected chi connectivity index (χ2v) is 6.28. The summed E-state index contributed by atoms with van der Waals surface area (Å²) in [4.78, 5) is 34.2. The van der Waals surface area contributed by atoms with Crippen LogP contribution in [0.2, 0.25) is 5.02 Å². The molecule has 0 atom stereocenters. The zero-order valence-corrected chi connectivity index (χ0v) is 15.3. The Balaban J connectivity index is 1.56. The van der Waals surface area contributed by atoms with Crippen molar-refractivity contribution in [3.63, 3.8) is 0 Å². The fourth-order valence-electron chi connectivity index (χ4n) is 2.61. The lowest BCUT2D eigenvalue weighted by Crippen LogP contribution is -2.27. The van der Waals surface area contributed by atoms with E-state index in [4.69, 9.17) is 16.3 Å². The number of fused-ring (bicyclic) bond motifs is 1. The van der Waals surface area contributed by atoms with Crippen LogP contribution in [-0.2, 0) is 4.79 Å². The number of nitrogens with zero attached hydrogens (tertiary/aromatic N) is 1. The topological polar surface area (TPSA) is 98.5 Å². The predicted octanol–water partition coefficient (Wildman–Crippen LogP) is 4.13. The summed E-state index contributed by atoms with van der Waals surface area (Å²) in [7, 11) is 0. The van der Waals surface area contributed by atoms with Crippen molar-refractivity contribution in [2.45, 2.75) is 6.42 Å². The molecule has 3 rings (SSSR count). The number of carbonyl (C=O) groups is 2. The van der Waals surface area contributed by atoms with Gasteiger partial charge >= 0.3 is 5.97 Å². The van der Waals surface area contributed by atoms with Gasteiger partial charge in [0.1, 0.15) is 5.75 Å². The van der Waals surface area contributed by atoms with Crippen LogP contribution in [0.4, 0.5) is 5.69 Å². The fourth-order valence-corrected chi connectivity index (χ4v) is 2.84. The van der Waals surface area contributed by atoms with Gasteiger partial charge in [-0.15, -0.1) is 0 Å². The fraction of sp³-hybridized carbons (Fsp3) is 0.100. The first-order valence-corrected chi connectivity index (χ1v) is 8.74. The first kappa shape index (κ1) is 19.3. The van der Waals surface area contributed by atoms with Crippen molar-refractivity contribution in [2.75, 3.05) is 6.54 Å². The molecule has 0 unspecified atom stereocenters. The van der Waals surface area contributed by atoms with E-state index >= 15 is 0 Å². The van der Waals surface area contributed by atoms with Crippen LogP contribution in [0.15, 0.2) is 60.7 Å². The lowest BCUT2D eigenvalue weighted by atomic mass is 10.1. The molecule has 1 N–H and O–H groups in total. The minimum atomic E-state index is -0.543. The van der Waals surface area contributed by atoms with Gasteiger partial charge in [-0.1, -0.05) is 35.9 Å². The summed E-state index contributed by atoms with van der Waals surface area (Å²) in [6.45, 7) is 0.0696. The first-order valence-electron chi connectivity index (χ1n) is 8.36. The number of hydrogen-bond acceptors (Lipinski definition) is 5. The maximum Gasteiger partial charge on any atom is 0.312 e. The van der Waals surface area contributed by atoms with E-state index < -0.39 is 16.8 Å². The van der Waals surface area contributed by atoms with Crippen LogP contribution >= 0.6 is 11.6 Å². The number of benzene rings is 3. The average Bonchev–Trinajstić information content (AvgIpc) is 2.70. The van der Waals surface area contributed by atoms with Crippen LogP contribution in [0, 0.1) is 10.1 Å². The second kappa shape index (κ2) is 8.49. The highest BCUT2D eigenvalue weighted by atomic mass is 35.5. The molecular formula is C20H15ClN2O5. The standard InChI is InChI=1S/C20H15ClN2O5/c21-17-9-10-18(16-4-2-1-3-15(16)17)28-19(24)11-12-22-20(25)13-5-7-14(8-6-13)23(26)27/h1-10H,11-12H2,(H,22,25). The lowest BCUT2D eigenvalue weighted by Gasteiger charge is -2.09. The van der Waals surface area contributed by atoms with Gasteiger partial charge in [0.25, 0.3) is 11.6 Å². The molecule has 3 aromatic rings. The highest BCUT2D eigenvalue weighted by molar-refractivity contribution is 6.35. The zero-order valence-electron chi connectivity index (χ0n) is 14.6. The Labute approximate surface area is 165 Å². The molecule has 0 saturated carbocycles. The van der Waals surface area contributed by atoms with Gasteiger partial charge in [0.2, 0.25) is 0 Å². The Kier molecular flexibility index (Phi) is 5.86. The first-order chi connectivity index (χ1) is 13.5. The predicted molar refractivity (Wildman–Crippen MR) is 105 cm³/mol. The summed E-state index contributed by atoms with van der Waals surface area (Å²) in [5.74, 6) is -0.539. The Bertz CT molecular complexity index is 1050. The zero-order chi connectivity index (χ0) is 20.1. The third-order valence-corrected chi connectivity index (χ3v) is 4.34. The van der Waals surface area contributed by atoms with E-state index in [0.29, 0.717) is 10.8 Å². The molecule has 0 radical (unpaired) electrons. The Morgan fingerprint density at radius 2 is 1.68 bits per heavy atom. The number of esters is 1.